The van der Waals surface area contributed by atoms with E-state index < -0.39 is 46.2 Å². The second kappa shape index (κ2) is 7.08. The van der Waals surface area contributed by atoms with E-state index in [1.165, 1.54) is 25.5 Å². The highest BCUT2D eigenvalue weighted by Crippen LogP contribution is 2.32. The predicted molar refractivity (Wildman–Crippen MR) is 75.3 cm³/mol. The van der Waals surface area contributed by atoms with Crippen molar-refractivity contribution in [3.05, 3.63) is 52.8 Å². The Labute approximate surface area is 133 Å². The molecule has 0 amide bonds. The van der Waals surface area contributed by atoms with Gasteiger partial charge in [-0.25, -0.2) is 22.0 Å². The lowest BCUT2D eigenvalue weighted by molar-refractivity contribution is 0.284. The molecule has 0 aliphatic heterocycles. The summed E-state index contributed by atoms with van der Waals surface area (Å²) in [6, 6.07) is 3.60. The third-order valence-corrected chi connectivity index (χ3v) is 3.86. The van der Waals surface area contributed by atoms with Crippen molar-refractivity contribution in [2.24, 2.45) is 0 Å². The maximum absolute atomic E-state index is 13.8. The van der Waals surface area contributed by atoms with Crippen LogP contribution in [0.1, 0.15) is 5.56 Å². The van der Waals surface area contributed by atoms with Gasteiger partial charge < -0.3 is 9.47 Å². The maximum atomic E-state index is 13.8. The molecule has 0 aromatic heterocycles. The van der Waals surface area contributed by atoms with Crippen LogP contribution >= 0.6 is 11.8 Å². The van der Waals surface area contributed by atoms with E-state index in [1.54, 1.807) is 0 Å². The van der Waals surface area contributed by atoms with E-state index in [4.69, 9.17) is 9.47 Å². The second-order valence-electron chi connectivity index (χ2n) is 4.35. The molecule has 0 N–H and O–H groups in total. The largest absolute Gasteiger partial charge is 0.494 e. The van der Waals surface area contributed by atoms with Crippen molar-refractivity contribution in [2.45, 2.75) is 11.5 Å². The van der Waals surface area contributed by atoms with Gasteiger partial charge >= 0.3 is 0 Å². The van der Waals surface area contributed by atoms with Gasteiger partial charge in [0.2, 0.25) is 0 Å². The number of ether oxygens (including phenoxy) is 2. The molecule has 0 radical (unpaired) electrons. The maximum Gasteiger partial charge on any atom is 0.198 e. The van der Waals surface area contributed by atoms with Crippen LogP contribution in [-0.4, -0.2) is 13.4 Å². The zero-order valence-corrected chi connectivity index (χ0v) is 12.9. The number of halogens is 5. The number of hydrogen-bond donors (Lipinski definition) is 0. The quantitative estimate of drug-likeness (QED) is 0.337. The highest BCUT2D eigenvalue weighted by molar-refractivity contribution is 7.98. The van der Waals surface area contributed by atoms with E-state index in [0.717, 1.165) is 6.07 Å². The fraction of sp³-hybridized carbons (Fsp3) is 0.200. The van der Waals surface area contributed by atoms with Crippen LogP contribution in [0.3, 0.4) is 0 Å². The van der Waals surface area contributed by atoms with Crippen molar-refractivity contribution in [1.82, 2.24) is 0 Å². The number of rotatable bonds is 5. The Bertz CT molecular complexity index is 737. The molecule has 0 aliphatic rings. The van der Waals surface area contributed by atoms with Gasteiger partial charge in [0.15, 0.2) is 34.8 Å². The highest BCUT2D eigenvalue weighted by Gasteiger charge is 2.25. The molecule has 2 aromatic carbocycles. The first-order valence-corrected chi connectivity index (χ1v) is 7.48. The van der Waals surface area contributed by atoms with Crippen LogP contribution < -0.4 is 9.47 Å². The van der Waals surface area contributed by atoms with Gasteiger partial charge in [0, 0.05) is 11.6 Å². The van der Waals surface area contributed by atoms with Crippen LogP contribution in [0.2, 0.25) is 0 Å². The van der Waals surface area contributed by atoms with E-state index in [2.05, 4.69) is 0 Å². The lowest BCUT2D eigenvalue weighted by Gasteiger charge is -2.13. The molecular weight excluding hydrogens is 339 g/mol. The molecule has 2 aromatic rings. The first-order valence-electron chi connectivity index (χ1n) is 6.25. The SMILES string of the molecule is COc1ccc(OCc2c(F)c(F)c(F)c(F)c2SC)cc1F. The normalized spacial score (nSPS) is 10.7. The summed E-state index contributed by atoms with van der Waals surface area (Å²) in [6.07, 6.45) is 1.38. The smallest absolute Gasteiger partial charge is 0.198 e. The van der Waals surface area contributed by atoms with Crippen molar-refractivity contribution in [1.29, 1.82) is 0 Å². The molecule has 0 aliphatic carbocycles. The number of thioether (sulfide) groups is 1. The van der Waals surface area contributed by atoms with E-state index >= 15 is 0 Å². The lowest BCUT2D eigenvalue weighted by Crippen LogP contribution is -2.08. The monoisotopic (exact) mass is 350 g/mol. The molecule has 2 nitrogen and oxygen atoms in total. The lowest BCUT2D eigenvalue weighted by atomic mass is 10.2. The molecule has 2 rings (SSSR count). The van der Waals surface area contributed by atoms with Crippen LogP contribution in [0.5, 0.6) is 11.5 Å². The molecule has 0 atom stereocenters. The first-order chi connectivity index (χ1) is 10.9. The standard InChI is InChI=1S/C15H11F5O2S/c1-21-10-4-3-7(5-9(10)16)22-6-8-11(17)12(18)13(19)14(20)15(8)23-2/h3-5H,6H2,1-2H3. The zero-order valence-electron chi connectivity index (χ0n) is 12.1. The molecule has 0 saturated carbocycles. The molecule has 23 heavy (non-hydrogen) atoms. The van der Waals surface area contributed by atoms with E-state index in [0.29, 0.717) is 11.8 Å². The third-order valence-electron chi connectivity index (χ3n) is 3.03. The Morgan fingerprint density at radius 1 is 0.957 bits per heavy atom. The van der Waals surface area contributed by atoms with E-state index in [-0.39, 0.29) is 11.5 Å². The summed E-state index contributed by atoms with van der Waals surface area (Å²) in [5, 5.41) is 0. The molecular formula is C15H11F5O2S. The summed E-state index contributed by atoms with van der Waals surface area (Å²) in [6.45, 7) is -0.595. The molecule has 0 bridgehead atoms. The minimum Gasteiger partial charge on any atom is -0.494 e. The summed E-state index contributed by atoms with van der Waals surface area (Å²) >= 11 is 0.708. The molecule has 8 heteroatoms. The first kappa shape index (κ1) is 17.4. The molecule has 0 heterocycles. The summed E-state index contributed by atoms with van der Waals surface area (Å²) in [5.41, 5.74) is -0.481. The van der Waals surface area contributed by atoms with Gasteiger partial charge in [0.25, 0.3) is 0 Å². The Kier molecular flexibility index (Phi) is 5.35. The van der Waals surface area contributed by atoms with Crippen LogP contribution in [-0.2, 0) is 6.61 Å². The molecule has 124 valence electrons. The topological polar surface area (TPSA) is 18.5 Å². The van der Waals surface area contributed by atoms with Gasteiger partial charge in [-0.15, -0.1) is 11.8 Å². The van der Waals surface area contributed by atoms with Crippen LogP contribution in [0.4, 0.5) is 22.0 Å². The Hall–Kier alpha value is -1.96. The number of methoxy groups -OCH3 is 1. The Morgan fingerprint density at radius 2 is 1.61 bits per heavy atom. The van der Waals surface area contributed by atoms with Gasteiger partial charge in [0.1, 0.15) is 12.4 Å². The third kappa shape index (κ3) is 3.36. The summed E-state index contributed by atoms with van der Waals surface area (Å²) in [5.74, 6) is -7.57. The average Bonchev–Trinajstić information content (AvgIpc) is 2.55. The minimum atomic E-state index is -1.92. The molecule has 0 spiro atoms. The van der Waals surface area contributed by atoms with Crippen molar-refractivity contribution >= 4 is 11.8 Å². The van der Waals surface area contributed by atoms with Crippen molar-refractivity contribution in [3.63, 3.8) is 0 Å². The van der Waals surface area contributed by atoms with Crippen molar-refractivity contribution < 1.29 is 31.4 Å². The van der Waals surface area contributed by atoms with Crippen molar-refractivity contribution in [2.75, 3.05) is 13.4 Å². The van der Waals surface area contributed by atoms with Gasteiger partial charge in [0.05, 0.1) is 12.0 Å². The predicted octanol–water partition coefficient (Wildman–Crippen LogP) is 4.69. The fourth-order valence-corrected chi connectivity index (χ4v) is 2.55. The van der Waals surface area contributed by atoms with Gasteiger partial charge in [-0.05, 0) is 18.4 Å². The van der Waals surface area contributed by atoms with Crippen LogP contribution in [0.25, 0.3) is 0 Å². The highest BCUT2D eigenvalue weighted by atomic mass is 32.2. The van der Waals surface area contributed by atoms with Crippen LogP contribution in [0, 0.1) is 29.1 Å². The second-order valence-corrected chi connectivity index (χ2v) is 5.17. The molecule has 0 fully saturated rings. The summed E-state index contributed by atoms with van der Waals surface area (Å²) < 4.78 is 77.4. The fourth-order valence-electron chi connectivity index (χ4n) is 1.89. The number of hydrogen-bond acceptors (Lipinski definition) is 3. The van der Waals surface area contributed by atoms with Gasteiger partial charge in [-0.3, -0.25) is 0 Å². The zero-order chi connectivity index (χ0) is 17.1. The van der Waals surface area contributed by atoms with Crippen LogP contribution in [0.15, 0.2) is 23.1 Å². The minimum absolute atomic E-state index is 0.0000978. The van der Waals surface area contributed by atoms with Gasteiger partial charge in [-0.2, -0.15) is 0 Å². The van der Waals surface area contributed by atoms with Gasteiger partial charge in [-0.1, -0.05) is 0 Å². The number of benzene rings is 2. The summed E-state index contributed by atoms with van der Waals surface area (Å²) in [7, 11) is 1.28. The van der Waals surface area contributed by atoms with E-state index in [1.807, 2.05) is 0 Å². The van der Waals surface area contributed by atoms with E-state index in [9.17, 15) is 22.0 Å². The molecule has 0 unspecified atom stereocenters. The van der Waals surface area contributed by atoms with Crippen molar-refractivity contribution in [3.8, 4) is 11.5 Å². The Balaban J connectivity index is 2.32. The summed E-state index contributed by atoms with van der Waals surface area (Å²) in [4.78, 5) is -0.407. The molecule has 0 saturated heterocycles. The average molecular weight is 350 g/mol. The Morgan fingerprint density at radius 3 is 2.17 bits per heavy atom.